The van der Waals surface area contributed by atoms with Gasteiger partial charge in [0.25, 0.3) is 0 Å². The molecule has 1 aliphatic rings. The number of carbonyl (C=O) groups excluding carboxylic acids is 1. The number of carbonyl (C=O) groups is 1. The summed E-state index contributed by atoms with van der Waals surface area (Å²) >= 11 is 0. The lowest BCUT2D eigenvalue weighted by atomic mass is 10.0. The summed E-state index contributed by atoms with van der Waals surface area (Å²) in [5.41, 5.74) is 5.53. The van der Waals surface area contributed by atoms with Crippen LogP contribution in [0, 0.1) is 5.92 Å². The Balaban J connectivity index is 2.46. The minimum Gasteiger partial charge on any atom is -0.354 e. The Hall–Kier alpha value is -0.570. The van der Waals surface area contributed by atoms with E-state index in [1.807, 2.05) is 0 Å². The van der Waals surface area contributed by atoms with Crippen LogP contribution in [0.1, 0.15) is 19.8 Å². The highest BCUT2D eigenvalue weighted by Gasteiger charge is 2.18. The second-order valence-electron chi connectivity index (χ2n) is 3.03. The summed E-state index contributed by atoms with van der Waals surface area (Å²) in [5, 5.41) is 2.78. The maximum absolute atomic E-state index is 10.9. The molecule has 0 unspecified atom stereocenters. The highest BCUT2D eigenvalue weighted by atomic mass is 16.2. The fourth-order valence-electron chi connectivity index (χ4n) is 1.10. The van der Waals surface area contributed by atoms with Crippen LogP contribution in [-0.4, -0.2) is 18.5 Å². The minimum atomic E-state index is -0.273. The van der Waals surface area contributed by atoms with Gasteiger partial charge in [-0.3, -0.25) is 4.79 Å². The minimum absolute atomic E-state index is 0.00403. The maximum Gasteiger partial charge on any atom is 0.236 e. The van der Waals surface area contributed by atoms with Crippen LogP contribution < -0.4 is 11.1 Å². The first-order valence-corrected chi connectivity index (χ1v) is 3.73. The molecule has 1 rings (SSSR count). The van der Waals surface area contributed by atoms with Gasteiger partial charge in [0, 0.05) is 6.54 Å². The highest BCUT2D eigenvalue weighted by molar-refractivity contribution is 5.81. The van der Waals surface area contributed by atoms with Crippen LogP contribution in [0.5, 0.6) is 0 Å². The van der Waals surface area contributed by atoms with Crippen molar-refractivity contribution < 1.29 is 4.79 Å². The topological polar surface area (TPSA) is 55.1 Å². The predicted molar refractivity (Wildman–Crippen MR) is 39.4 cm³/mol. The zero-order valence-corrected chi connectivity index (χ0v) is 6.26. The summed E-state index contributed by atoms with van der Waals surface area (Å²) in [6.45, 7) is 2.91. The molecule has 3 heteroatoms. The molecule has 1 fully saturated rings. The molecule has 0 radical (unpaired) electrons. The monoisotopic (exact) mass is 142 g/mol. The lowest BCUT2D eigenvalue weighted by molar-refractivity contribution is -0.122. The molecule has 58 valence electrons. The van der Waals surface area contributed by atoms with Crippen molar-refractivity contribution in [3.8, 4) is 0 Å². The van der Waals surface area contributed by atoms with Crippen LogP contribution in [0.3, 0.4) is 0 Å². The number of hydrogen-bond acceptors (Lipinski definition) is 2. The zero-order valence-electron chi connectivity index (χ0n) is 6.26. The number of amides is 1. The lowest BCUT2D eigenvalue weighted by Gasteiger charge is -2.04. The van der Waals surface area contributed by atoms with E-state index >= 15 is 0 Å². The zero-order chi connectivity index (χ0) is 7.56. The van der Waals surface area contributed by atoms with Crippen LogP contribution in [0.25, 0.3) is 0 Å². The predicted octanol–water partition coefficient (Wildman–Crippen LogP) is -0.140. The van der Waals surface area contributed by atoms with E-state index in [1.54, 1.807) is 0 Å². The van der Waals surface area contributed by atoms with E-state index in [4.69, 9.17) is 5.73 Å². The molecule has 1 saturated heterocycles. The Morgan fingerprint density at radius 2 is 2.30 bits per heavy atom. The van der Waals surface area contributed by atoms with Crippen molar-refractivity contribution in [2.75, 3.05) is 6.54 Å². The van der Waals surface area contributed by atoms with Gasteiger partial charge in [0.05, 0.1) is 6.04 Å². The Morgan fingerprint density at radius 1 is 1.60 bits per heavy atom. The molecule has 10 heavy (non-hydrogen) atoms. The molecule has 1 heterocycles. The van der Waals surface area contributed by atoms with Crippen LogP contribution >= 0.6 is 0 Å². The molecule has 0 aliphatic carbocycles. The summed E-state index contributed by atoms with van der Waals surface area (Å²) in [6, 6.07) is -0.273. The molecular formula is C7H14N2O. The Morgan fingerprint density at radius 3 is 3.00 bits per heavy atom. The summed E-state index contributed by atoms with van der Waals surface area (Å²) in [5.74, 6) is 0.585. The van der Waals surface area contributed by atoms with Gasteiger partial charge in [-0.25, -0.2) is 0 Å². The van der Waals surface area contributed by atoms with E-state index in [-0.39, 0.29) is 11.9 Å². The third kappa shape index (κ3) is 1.70. The van der Waals surface area contributed by atoms with Gasteiger partial charge in [-0.05, 0) is 18.8 Å². The summed E-state index contributed by atoms with van der Waals surface area (Å²) in [7, 11) is 0. The molecule has 3 N–H and O–H groups in total. The number of rotatable bonds is 0. The molecule has 0 aromatic heterocycles. The maximum atomic E-state index is 10.9. The first-order chi connectivity index (χ1) is 4.70. The second-order valence-corrected chi connectivity index (χ2v) is 3.03. The number of nitrogens with two attached hydrogens (primary N) is 1. The molecular weight excluding hydrogens is 128 g/mol. The molecule has 1 amide bonds. The van der Waals surface area contributed by atoms with Gasteiger partial charge >= 0.3 is 0 Å². The van der Waals surface area contributed by atoms with E-state index in [1.165, 1.54) is 0 Å². The van der Waals surface area contributed by atoms with E-state index in [0.717, 1.165) is 19.4 Å². The van der Waals surface area contributed by atoms with Crippen molar-refractivity contribution in [3.63, 3.8) is 0 Å². The molecule has 1 aliphatic heterocycles. The van der Waals surface area contributed by atoms with E-state index in [0.29, 0.717) is 5.92 Å². The third-order valence-electron chi connectivity index (χ3n) is 1.93. The Labute approximate surface area is 61.0 Å². The summed E-state index contributed by atoms with van der Waals surface area (Å²) < 4.78 is 0. The van der Waals surface area contributed by atoms with Crippen molar-refractivity contribution >= 4 is 5.91 Å². The molecule has 0 aromatic carbocycles. The molecule has 0 saturated carbocycles. The van der Waals surface area contributed by atoms with Crippen molar-refractivity contribution in [1.29, 1.82) is 0 Å². The van der Waals surface area contributed by atoms with Gasteiger partial charge in [0.2, 0.25) is 5.91 Å². The molecule has 3 nitrogen and oxygen atoms in total. The SMILES string of the molecule is C[C@H]1CC[C@@H](N)C(=O)NC1. The van der Waals surface area contributed by atoms with Gasteiger partial charge in [0.15, 0.2) is 0 Å². The molecule has 0 aromatic rings. The first-order valence-electron chi connectivity index (χ1n) is 3.73. The number of nitrogens with one attached hydrogen (secondary N) is 1. The average molecular weight is 142 g/mol. The standard InChI is InChI=1S/C7H14N2O/c1-5-2-3-6(8)7(10)9-4-5/h5-6H,2-4,8H2,1H3,(H,9,10)/t5-,6+/m0/s1. The highest BCUT2D eigenvalue weighted by Crippen LogP contribution is 2.09. The van der Waals surface area contributed by atoms with Crippen molar-refractivity contribution in [1.82, 2.24) is 5.32 Å². The fraction of sp³-hybridized carbons (Fsp3) is 0.857. The normalized spacial score (nSPS) is 34.8. The molecule has 0 bridgehead atoms. The molecule has 2 atom stereocenters. The van der Waals surface area contributed by atoms with Crippen molar-refractivity contribution in [3.05, 3.63) is 0 Å². The smallest absolute Gasteiger partial charge is 0.236 e. The van der Waals surface area contributed by atoms with Gasteiger partial charge < -0.3 is 11.1 Å². The van der Waals surface area contributed by atoms with Crippen molar-refractivity contribution in [2.45, 2.75) is 25.8 Å². The third-order valence-corrected chi connectivity index (χ3v) is 1.93. The largest absolute Gasteiger partial charge is 0.354 e. The van der Waals surface area contributed by atoms with Crippen LogP contribution in [0.4, 0.5) is 0 Å². The van der Waals surface area contributed by atoms with Gasteiger partial charge in [-0.2, -0.15) is 0 Å². The van der Waals surface area contributed by atoms with Crippen LogP contribution in [0.2, 0.25) is 0 Å². The Kier molecular flexibility index (Phi) is 2.27. The molecule has 0 spiro atoms. The van der Waals surface area contributed by atoms with E-state index in [2.05, 4.69) is 12.2 Å². The van der Waals surface area contributed by atoms with E-state index in [9.17, 15) is 4.79 Å². The lowest BCUT2D eigenvalue weighted by Crippen LogP contribution is -2.38. The Bertz CT molecular complexity index is 136. The first kappa shape index (κ1) is 7.54. The van der Waals surface area contributed by atoms with E-state index < -0.39 is 0 Å². The second kappa shape index (κ2) is 3.01. The van der Waals surface area contributed by atoms with Crippen molar-refractivity contribution in [2.24, 2.45) is 11.7 Å². The van der Waals surface area contributed by atoms with Gasteiger partial charge in [0.1, 0.15) is 0 Å². The fourth-order valence-corrected chi connectivity index (χ4v) is 1.10. The number of hydrogen-bond donors (Lipinski definition) is 2. The van der Waals surface area contributed by atoms with Crippen LogP contribution in [-0.2, 0) is 4.79 Å². The average Bonchev–Trinajstić information content (AvgIpc) is 2.04. The quantitative estimate of drug-likeness (QED) is 0.494. The van der Waals surface area contributed by atoms with Gasteiger partial charge in [-0.1, -0.05) is 6.92 Å². The van der Waals surface area contributed by atoms with Gasteiger partial charge in [-0.15, -0.1) is 0 Å². The van der Waals surface area contributed by atoms with Crippen LogP contribution in [0.15, 0.2) is 0 Å². The summed E-state index contributed by atoms with van der Waals surface area (Å²) in [4.78, 5) is 10.9. The summed E-state index contributed by atoms with van der Waals surface area (Å²) in [6.07, 6.45) is 1.88.